The molecule has 2 rings (SSSR count). The van der Waals surface area contributed by atoms with Crippen molar-refractivity contribution in [3.8, 4) is 16.9 Å². The van der Waals surface area contributed by atoms with Crippen LogP contribution in [0.3, 0.4) is 0 Å². The number of benzene rings is 2. The highest BCUT2D eigenvalue weighted by Gasteiger charge is 2.49. The van der Waals surface area contributed by atoms with Gasteiger partial charge < -0.3 is 4.18 Å². The third kappa shape index (κ3) is 3.65. The molecule has 0 radical (unpaired) electrons. The number of hydrogen-bond acceptors (Lipinski definition) is 3. The lowest BCUT2D eigenvalue weighted by Crippen LogP contribution is -2.28. The van der Waals surface area contributed by atoms with Gasteiger partial charge in [-0.25, -0.2) is 26.3 Å². The molecule has 2 aromatic rings. The Morgan fingerprint density at radius 1 is 0.815 bits per heavy atom. The Morgan fingerprint density at radius 3 is 1.70 bits per heavy atom. The summed E-state index contributed by atoms with van der Waals surface area (Å²) >= 11 is 5.32. The molecule has 148 valence electrons. The van der Waals surface area contributed by atoms with Crippen molar-refractivity contribution in [3.05, 3.63) is 52.1 Å². The zero-order chi connectivity index (χ0) is 20.9. The monoisotopic (exact) mass is 444 g/mol. The first kappa shape index (κ1) is 21.2. The molecule has 0 atom stereocenters. The maximum absolute atomic E-state index is 13.9. The molecule has 0 N–H and O–H groups in total. The Balaban J connectivity index is 2.76. The first-order valence-electron chi connectivity index (χ1n) is 6.20. The van der Waals surface area contributed by atoms with Crippen LogP contribution in [0.2, 0.25) is 5.02 Å². The fourth-order valence-electron chi connectivity index (χ4n) is 1.79. The minimum Gasteiger partial charge on any atom is -0.374 e. The lowest BCUT2D eigenvalue weighted by molar-refractivity contribution is -0.0500. The van der Waals surface area contributed by atoms with E-state index in [1.807, 2.05) is 0 Å². The number of alkyl halides is 3. The Morgan fingerprint density at radius 2 is 1.26 bits per heavy atom. The summed E-state index contributed by atoms with van der Waals surface area (Å²) in [6.45, 7) is 0. The van der Waals surface area contributed by atoms with Gasteiger partial charge in [0.05, 0.1) is 10.6 Å². The molecule has 0 aliphatic carbocycles. The van der Waals surface area contributed by atoms with Gasteiger partial charge in [-0.1, -0.05) is 11.6 Å². The SMILES string of the molecule is O=S(=O)(Oc1cc(-c2c(F)c(F)c(F)c(F)c2F)c(F)cc1Cl)C(F)(F)F. The van der Waals surface area contributed by atoms with Gasteiger partial charge >= 0.3 is 15.6 Å². The third-order valence-electron chi connectivity index (χ3n) is 2.98. The molecule has 3 nitrogen and oxygen atoms in total. The predicted molar refractivity (Wildman–Crippen MR) is 72.2 cm³/mol. The van der Waals surface area contributed by atoms with Crippen LogP contribution in [0.5, 0.6) is 5.75 Å². The standard InChI is InChI=1S/C13H2ClF9O3S/c14-4-2-5(15)3(1-6(4)26-27(24,25)13(21,22)23)7-8(16)10(18)12(20)11(19)9(7)17/h1-2H. The molecule has 0 spiro atoms. The van der Waals surface area contributed by atoms with Crippen LogP contribution in [0.15, 0.2) is 12.1 Å². The molecule has 0 aromatic heterocycles. The molecule has 0 aliphatic rings. The summed E-state index contributed by atoms with van der Waals surface area (Å²) in [5, 5.41) is -1.09. The highest BCUT2D eigenvalue weighted by atomic mass is 35.5. The van der Waals surface area contributed by atoms with Crippen LogP contribution in [0.25, 0.3) is 11.1 Å². The van der Waals surface area contributed by atoms with Crippen LogP contribution in [-0.2, 0) is 10.1 Å². The first-order valence-corrected chi connectivity index (χ1v) is 7.99. The van der Waals surface area contributed by atoms with Crippen LogP contribution < -0.4 is 4.18 Å². The molecule has 0 bridgehead atoms. The summed E-state index contributed by atoms with van der Waals surface area (Å²) < 4.78 is 144. The summed E-state index contributed by atoms with van der Waals surface area (Å²) in [6, 6.07) is 0.00932. The quantitative estimate of drug-likeness (QED) is 0.218. The van der Waals surface area contributed by atoms with Crippen molar-refractivity contribution in [2.45, 2.75) is 5.51 Å². The molecule has 14 heteroatoms. The van der Waals surface area contributed by atoms with E-state index in [1.54, 1.807) is 0 Å². The van der Waals surface area contributed by atoms with Crippen LogP contribution in [-0.4, -0.2) is 13.9 Å². The highest BCUT2D eigenvalue weighted by Crippen LogP contribution is 2.39. The number of halogens is 10. The van der Waals surface area contributed by atoms with E-state index in [0.717, 1.165) is 0 Å². The number of hydrogen-bond donors (Lipinski definition) is 0. The fourth-order valence-corrected chi connectivity index (χ4v) is 2.49. The smallest absolute Gasteiger partial charge is 0.374 e. The minimum atomic E-state index is -6.33. The van der Waals surface area contributed by atoms with E-state index >= 15 is 0 Å². The molecule has 0 fully saturated rings. The van der Waals surface area contributed by atoms with Crippen LogP contribution in [0.4, 0.5) is 39.5 Å². The molecule has 0 saturated carbocycles. The highest BCUT2D eigenvalue weighted by molar-refractivity contribution is 7.88. The molecule has 0 saturated heterocycles. The van der Waals surface area contributed by atoms with Gasteiger partial charge in [-0.3, -0.25) is 0 Å². The summed E-state index contributed by atoms with van der Waals surface area (Å²) in [5.41, 5.74) is -9.30. The molecule has 0 unspecified atom stereocenters. The Hall–Kier alpha value is -2.15. The van der Waals surface area contributed by atoms with E-state index in [4.69, 9.17) is 11.6 Å². The summed E-state index contributed by atoms with van der Waals surface area (Å²) in [6.07, 6.45) is 0. The molecule has 27 heavy (non-hydrogen) atoms. The Labute approximate surface area is 149 Å². The Kier molecular flexibility index (Phi) is 5.31. The van der Waals surface area contributed by atoms with Crippen molar-refractivity contribution >= 4 is 21.7 Å². The topological polar surface area (TPSA) is 43.4 Å². The average molecular weight is 445 g/mol. The maximum atomic E-state index is 13.9. The van der Waals surface area contributed by atoms with E-state index in [0.29, 0.717) is 0 Å². The molecule has 0 amide bonds. The Bertz CT molecular complexity index is 1010. The van der Waals surface area contributed by atoms with Gasteiger partial charge in [0.2, 0.25) is 5.82 Å². The van der Waals surface area contributed by atoms with Crippen molar-refractivity contribution in [3.63, 3.8) is 0 Å². The van der Waals surface area contributed by atoms with Crippen molar-refractivity contribution in [2.75, 3.05) is 0 Å². The van der Waals surface area contributed by atoms with E-state index in [2.05, 4.69) is 4.18 Å². The second-order valence-corrected chi connectivity index (χ2v) is 6.64. The van der Waals surface area contributed by atoms with Crippen LogP contribution in [0.1, 0.15) is 0 Å². The van der Waals surface area contributed by atoms with E-state index in [1.165, 1.54) is 0 Å². The maximum Gasteiger partial charge on any atom is 0.534 e. The second-order valence-electron chi connectivity index (χ2n) is 4.69. The van der Waals surface area contributed by atoms with Crippen molar-refractivity contribution in [1.82, 2.24) is 0 Å². The van der Waals surface area contributed by atoms with Crippen molar-refractivity contribution in [2.24, 2.45) is 0 Å². The zero-order valence-corrected chi connectivity index (χ0v) is 13.6. The van der Waals surface area contributed by atoms with Gasteiger partial charge in [0.15, 0.2) is 29.0 Å². The van der Waals surface area contributed by atoms with Crippen LogP contribution >= 0.6 is 11.6 Å². The van der Waals surface area contributed by atoms with E-state index in [9.17, 15) is 47.9 Å². The van der Waals surface area contributed by atoms with Gasteiger partial charge in [0.1, 0.15) is 5.82 Å². The van der Waals surface area contributed by atoms with Gasteiger partial charge in [-0.2, -0.15) is 21.6 Å². The van der Waals surface area contributed by atoms with Crippen molar-refractivity contribution < 1.29 is 52.1 Å². The van der Waals surface area contributed by atoms with Crippen LogP contribution in [0, 0.1) is 34.9 Å². The normalized spacial score (nSPS) is 12.4. The lowest BCUT2D eigenvalue weighted by Gasteiger charge is -2.14. The molecule has 0 heterocycles. The minimum absolute atomic E-state index is 0.0563. The van der Waals surface area contributed by atoms with Crippen molar-refractivity contribution in [1.29, 1.82) is 0 Å². The summed E-state index contributed by atoms with van der Waals surface area (Å²) in [5.74, 6) is -15.7. The first-order chi connectivity index (χ1) is 12.2. The van der Waals surface area contributed by atoms with E-state index < -0.39 is 72.4 Å². The van der Waals surface area contributed by atoms with Gasteiger partial charge in [-0.05, 0) is 12.1 Å². The third-order valence-corrected chi connectivity index (χ3v) is 4.24. The largest absolute Gasteiger partial charge is 0.534 e. The van der Waals surface area contributed by atoms with Gasteiger partial charge in [0, 0.05) is 5.56 Å². The van der Waals surface area contributed by atoms with Gasteiger partial charge in [-0.15, -0.1) is 0 Å². The predicted octanol–water partition coefficient (Wildman–Crippen LogP) is 5.07. The molecular formula is C13H2ClF9O3S. The average Bonchev–Trinajstić information content (AvgIpc) is 2.54. The molecular weight excluding hydrogens is 443 g/mol. The fraction of sp³-hybridized carbons (Fsp3) is 0.0769. The summed E-state index contributed by atoms with van der Waals surface area (Å²) in [7, 11) is -6.33. The lowest BCUT2D eigenvalue weighted by atomic mass is 10.0. The molecule has 0 aliphatic heterocycles. The van der Waals surface area contributed by atoms with E-state index in [-0.39, 0.29) is 12.1 Å². The second kappa shape index (κ2) is 6.78. The number of rotatable bonds is 3. The van der Waals surface area contributed by atoms with Gasteiger partial charge in [0.25, 0.3) is 0 Å². The summed E-state index contributed by atoms with van der Waals surface area (Å²) in [4.78, 5) is 0. The zero-order valence-electron chi connectivity index (χ0n) is 12.1. The molecule has 2 aromatic carbocycles.